The van der Waals surface area contributed by atoms with Crippen molar-refractivity contribution in [3.05, 3.63) is 18.1 Å². The Labute approximate surface area is 108 Å². The molecule has 2 atom stereocenters. The van der Waals surface area contributed by atoms with Gasteiger partial charge in [-0.15, -0.1) is 0 Å². The molecule has 0 aliphatic heterocycles. The van der Waals surface area contributed by atoms with E-state index in [1.165, 1.54) is 12.6 Å². The van der Waals surface area contributed by atoms with Crippen LogP contribution in [0.4, 0.5) is 5.82 Å². The Bertz CT molecular complexity index is 418. The summed E-state index contributed by atoms with van der Waals surface area (Å²) in [7, 11) is 1.83. The van der Waals surface area contributed by atoms with Crippen LogP contribution in [0.2, 0.25) is 0 Å². The standard InChI is InChI=1S/C13H20N4O/c1-4-14-12-7-15-11(6-16-12)13(18)17(3)8-10-5-9(10)2/h6-7,9-10H,4-5,8H2,1-3H3,(H,14,16). The molecule has 1 N–H and O–H groups in total. The lowest BCUT2D eigenvalue weighted by atomic mass is 10.3. The van der Waals surface area contributed by atoms with Gasteiger partial charge in [0.15, 0.2) is 0 Å². The fourth-order valence-electron chi connectivity index (χ4n) is 1.99. The Morgan fingerprint density at radius 3 is 2.72 bits per heavy atom. The van der Waals surface area contributed by atoms with E-state index in [1.54, 1.807) is 11.1 Å². The van der Waals surface area contributed by atoms with Crippen molar-refractivity contribution in [1.82, 2.24) is 14.9 Å². The summed E-state index contributed by atoms with van der Waals surface area (Å²) < 4.78 is 0. The molecule has 5 heteroatoms. The van der Waals surface area contributed by atoms with Gasteiger partial charge < -0.3 is 10.2 Å². The molecule has 0 radical (unpaired) electrons. The van der Waals surface area contributed by atoms with Crippen molar-refractivity contribution >= 4 is 11.7 Å². The fraction of sp³-hybridized carbons (Fsp3) is 0.615. The van der Waals surface area contributed by atoms with Crippen molar-refractivity contribution < 1.29 is 4.79 Å². The summed E-state index contributed by atoms with van der Waals surface area (Å²) in [4.78, 5) is 22.1. The Kier molecular flexibility index (Phi) is 3.79. The van der Waals surface area contributed by atoms with E-state index in [0.717, 1.165) is 19.0 Å². The summed E-state index contributed by atoms with van der Waals surface area (Å²) in [5.74, 6) is 2.06. The van der Waals surface area contributed by atoms with Crippen molar-refractivity contribution in [2.75, 3.05) is 25.5 Å². The molecular formula is C13H20N4O. The zero-order valence-electron chi connectivity index (χ0n) is 11.2. The van der Waals surface area contributed by atoms with Gasteiger partial charge >= 0.3 is 0 Å². The van der Waals surface area contributed by atoms with Crippen molar-refractivity contribution in [1.29, 1.82) is 0 Å². The van der Waals surface area contributed by atoms with Crippen LogP contribution in [0.5, 0.6) is 0 Å². The average molecular weight is 248 g/mol. The van der Waals surface area contributed by atoms with Crippen LogP contribution in [0.25, 0.3) is 0 Å². The number of carbonyl (C=O) groups excluding carboxylic acids is 1. The number of rotatable bonds is 5. The molecule has 1 aliphatic rings. The molecule has 2 unspecified atom stereocenters. The highest BCUT2D eigenvalue weighted by atomic mass is 16.2. The normalized spacial score (nSPS) is 21.5. The van der Waals surface area contributed by atoms with Gasteiger partial charge in [-0.2, -0.15) is 0 Å². The molecule has 0 spiro atoms. The zero-order valence-corrected chi connectivity index (χ0v) is 11.2. The second-order valence-electron chi connectivity index (χ2n) is 4.98. The highest BCUT2D eigenvalue weighted by Crippen LogP contribution is 2.38. The Balaban J connectivity index is 1.94. The minimum absolute atomic E-state index is 0.0513. The van der Waals surface area contributed by atoms with Crippen LogP contribution in [-0.2, 0) is 0 Å². The van der Waals surface area contributed by atoms with Gasteiger partial charge in [-0.25, -0.2) is 9.97 Å². The van der Waals surface area contributed by atoms with Crippen molar-refractivity contribution in [3.8, 4) is 0 Å². The highest BCUT2D eigenvalue weighted by molar-refractivity contribution is 5.91. The summed E-state index contributed by atoms with van der Waals surface area (Å²) in [6.45, 7) is 5.82. The van der Waals surface area contributed by atoms with Crippen LogP contribution in [0.1, 0.15) is 30.8 Å². The average Bonchev–Trinajstić information content (AvgIpc) is 3.05. The van der Waals surface area contributed by atoms with Gasteiger partial charge in [0.1, 0.15) is 11.5 Å². The van der Waals surface area contributed by atoms with E-state index >= 15 is 0 Å². The summed E-state index contributed by atoms with van der Waals surface area (Å²) in [5.41, 5.74) is 0.410. The second kappa shape index (κ2) is 5.33. The molecule has 1 aliphatic carbocycles. The van der Waals surface area contributed by atoms with E-state index in [-0.39, 0.29) is 5.91 Å². The maximum absolute atomic E-state index is 12.1. The predicted molar refractivity (Wildman–Crippen MR) is 70.4 cm³/mol. The maximum Gasteiger partial charge on any atom is 0.273 e. The van der Waals surface area contributed by atoms with Crippen LogP contribution in [-0.4, -0.2) is 40.9 Å². The minimum Gasteiger partial charge on any atom is -0.369 e. The molecule has 98 valence electrons. The number of hydrogen-bond acceptors (Lipinski definition) is 4. The van der Waals surface area contributed by atoms with Gasteiger partial charge in [0.05, 0.1) is 12.4 Å². The maximum atomic E-state index is 12.1. The van der Waals surface area contributed by atoms with E-state index in [1.807, 2.05) is 14.0 Å². The van der Waals surface area contributed by atoms with Gasteiger partial charge in [0, 0.05) is 20.1 Å². The van der Waals surface area contributed by atoms with Crippen LogP contribution in [0.3, 0.4) is 0 Å². The van der Waals surface area contributed by atoms with Gasteiger partial charge in [-0.1, -0.05) is 6.92 Å². The van der Waals surface area contributed by atoms with Crippen LogP contribution in [0.15, 0.2) is 12.4 Å². The lowest BCUT2D eigenvalue weighted by Crippen LogP contribution is -2.29. The minimum atomic E-state index is -0.0513. The SMILES string of the molecule is CCNc1cnc(C(=O)N(C)CC2CC2C)cn1. The number of amides is 1. The number of aromatic nitrogens is 2. The molecule has 0 bridgehead atoms. The smallest absolute Gasteiger partial charge is 0.273 e. The van der Waals surface area contributed by atoms with Crippen LogP contribution >= 0.6 is 0 Å². The first-order valence-electron chi connectivity index (χ1n) is 6.43. The van der Waals surface area contributed by atoms with E-state index in [0.29, 0.717) is 17.4 Å². The van der Waals surface area contributed by atoms with E-state index < -0.39 is 0 Å². The molecule has 1 aromatic heterocycles. The van der Waals surface area contributed by atoms with Crippen LogP contribution in [0, 0.1) is 11.8 Å². The van der Waals surface area contributed by atoms with Gasteiger partial charge in [-0.3, -0.25) is 4.79 Å². The number of nitrogens with one attached hydrogen (secondary N) is 1. The van der Waals surface area contributed by atoms with Gasteiger partial charge in [0.25, 0.3) is 5.91 Å². The first-order chi connectivity index (χ1) is 8.61. The highest BCUT2D eigenvalue weighted by Gasteiger charge is 2.34. The molecule has 2 rings (SSSR count). The first kappa shape index (κ1) is 12.8. The lowest BCUT2D eigenvalue weighted by Gasteiger charge is -2.16. The molecule has 0 aromatic carbocycles. The summed E-state index contributed by atoms with van der Waals surface area (Å²) in [6.07, 6.45) is 4.36. The van der Waals surface area contributed by atoms with Crippen molar-refractivity contribution in [2.45, 2.75) is 20.3 Å². The molecule has 5 nitrogen and oxygen atoms in total. The summed E-state index contributed by atoms with van der Waals surface area (Å²) in [5, 5.41) is 3.05. The second-order valence-corrected chi connectivity index (χ2v) is 4.98. The van der Waals surface area contributed by atoms with Gasteiger partial charge in [-0.05, 0) is 25.2 Å². The predicted octanol–water partition coefficient (Wildman–Crippen LogP) is 1.64. The molecule has 1 fully saturated rings. The van der Waals surface area contributed by atoms with Crippen LogP contribution < -0.4 is 5.32 Å². The van der Waals surface area contributed by atoms with Crippen molar-refractivity contribution in [3.63, 3.8) is 0 Å². The zero-order chi connectivity index (χ0) is 13.1. The van der Waals surface area contributed by atoms with Gasteiger partial charge in [0.2, 0.25) is 0 Å². The number of carbonyl (C=O) groups is 1. The molecule has 18 heavy (non-hydrogen) atoms. The molecular weight excluding hydrogens is 228 g/mol. The number of nitrogens with zero attached hydrogens (tertiary/aromatic N) is 3. The first-order valence-corrected chi connectivity index (χ1v) is 6.43. The Hall–Kier alpha value is -1.65. The number of anilines is 1. The summed E-state index contributed by atoms with van der Waals surface area (Å²) in [6, 6.07) is 0. The molecule has 1 aromatic rings. The third-order valence-corrected chi connectivity index (χ3v) is 3.36. The quantitative estimate of drug-likeness (QED) is 0.860. The Morgan fingerprint density at radius 1 is 1.50 bits per heavy atom. The molecule has 0 saturated heterocycles. The third-order valence-electron chi connectivity index (χ3n) is 3.36. The van der Waals surface area contributed by atoms with Crippen molar-refractivity contribution in [2.24, 2.45) is 11.8 Å². The lowest BCUT2D eigenvalue weighted by molar-refractivity contribution is 0.0781. The van der Waals surface area contributed by atoms with E-state index in [2.05, 4.69) is 22.2 Å². The number of hydrogen-bond donors (Lipinski definition) is 1. The molecule has 1 amide bonds. The Morgan fingerprint density at radius 2 is 2.22 bits per heavy atom. The fourth-order valence-corrected chi connectivity index (χ4v) is 1.99. The van der Waals surface area contributed by atoms with E-state index in [4.69, 9.17) is 0 Å². The van der Waals surface area contributed by atoms with E-state index in [9.17, 15) is 4.79 Å². The molecule has 1 heterocycles. The third kappa shape index (κ3) is 2.97. The monoisotopic (exact) mass is 248 g/mol. The topological polar surface area (TPSA) is 58.1 Å². The molecule has 1 saturated carbocycles. The summed E-state index contributed by atoms with van der Waals surface area (Å²) >= 11 is 0. The largest absolute Gasteiger partial charge is 0.369 e.